The smallest absolute Gasteiger partial charge is 0.410 e. The largest absolute Gasteiger partial charge is 0.444 e. The van der Waals surface area contributed by atoms with Crippen molar-refractivity contribution in [2.45, 2.75) is 70.1 Å². The fraction of sp³-hybridized carbons (Fsp3) is 0.923. The van der Waals surface area contributed by atoms with E-state index in [9.17, 15) is 4.79 Å². The molecule has 1 aliphatic heterocycles. The number of rotatable bonds is 1. The molecule has 2 aliphatic rings. The number of hydrogen-bond donors (Lipinski definition) is 1. The molecule has 0 radical (unpaired) electrons. The number of carbonyl (C=O) groups is 1. The highest BCUT2D eigenvalue weighted by Gasteiger charge is 2.47. The van der Waals surface area contributed by atoms with E-state index in [-0.39, 0.29) is 17.7 Å². The fourth-order valence-corrected chi connectivity index (χ4v) is 2.82. The summed E-state index contributed by atoms with van der Waals surface area (Å²) >= 11 is 0. The van der Waals surface area contributed by atoms with E-state index in [0.717, 1.165) is 32.2 Å². The summed E-state index contributed by atoms with van der Waals surface area (Å²) in [6.07, 6.45) is 5.14. The quantitative estimate of drug-likeness (QED) is 0.765. The molecule has 1 aliphatic carbocycles. The predicted molar refractivity (Wildman–Crippen MR) is 66.7 cm³/mol. The van der Waals surface area contributed by atoms with Crippen molar-refractivity contribution < 1.29 is 9.53 Å². The van der Waals surface area contributed by atoms with Crippen LogP contribution in [0.1, 0.15) is 52.9 Å². The molecule has 1 heterocycles. The summed E-state index contributed by atoms with van der Waals surface area (Å²) in [6.45, 7) is 6.49. The molecular weight excluding hydrogens is 216 g/mol. The van der Waals surface area contributed by atoms with E-state index in [2.05, 4.69) is 0 Å². The maximum atomic E-state index is 12.1. The van der Waals surface area contributed by atoms with Gasteiger partial charge >= 0.3 is 6.09 Å². The first-order chi connectivity index (χ1) is 7.82. The number of hydrogen-bond acceptors (Lipinski definition) is 3. The number of nitrogens with zero attached hydrogens (tertiary/aromatic N) is 1. The van der Waals surface area contributed by atoms with E-state index in [4.69, 9.17) is 10.5 Å². The fourth-order valence-electron chi connectivity index (χ4n) is 2.82. The lowest BCUT2D eigenvalue weighted by Crippen LogP contribution is -2.61. The second-order valence-corrected chi connectivity index (χ2v) is 6.42. The van der Waals surface area contributed by atoms with E-state index in [1.54, 1.807) is 0 Å². The van der Waals surface area contributed by atoms with Crippen molar-refractivity contribution in [3.8, 4) is 0 Å². The highest BCUT2D eigenvalue weighted by Crippen LogP contribution is 2.39. The number of likely N-dealkylation sites (tertiary alicyclic amines) is 1. The van der Waals surface area contributed by atoms with Crippen LogP contribution in [-0.2, 0) is 4.74 Å². The molecule has 4 nitrogen and oxygen atoms in total. The molecule has 17 heavy (non-hydrogen) atoms. The monoisotopic (exact) mass is 240 g/mol. The molecule has 2 rings (SSSR count). The molecule has 1 atom stereocenters. The minimum Gasteiger partial charge on any atom is -0.444 e. The summed E-state index contributed by atoms with van der Waals surface area (Å²) in [4.78, 5) is 14.0. The van der Waals surface area contributed by atoms with Crippen LogP contribution in [0, 0.1) is 0 Å². The lowest BCUT2D eigenvalue weighted by Gasteiger charge is -2.46. The lowest BCUT2D eigenvalue weighted by molar-refractivity contribution is 0.00830. The van der Waals surface area contributed by atoms with Crippen molar-refractivity contribution in [3.63, 3.8) is 0 Å². The predicted octanol–water partition coefficient (Wildman–Crippen LogP) is 2.27. The molecule has 2 fully saturated rings. The summed E-state index contributed by atoms with van der Waals surface area (Å²) in [5.41, 5.74) is 5.78. The second kappa shape index (κ2) is 4.16. The van der Waals surface area contributed by atoms with Crippen molar-refractivity contribution >= 4 is 6.09 Å². The molecule has 0 aromatic heterocycles. The summed E-state index contributed by atoms with van der Waals surface area (Å²) in [6, 6.07) is 0.186. The van der Waals surface area contributed by atoms with Crippen LogP contribution in [0.4, 0.5) is 4.79 Å². The molecule has 4 heteroatoms. The Morgan fingerprint density at radius 3 is 2.47 bits per heavy atom. The number of carbonyl (C=O) groups excluding carboxylic acids is 1. The number of ether oxygens (including phenoxy) is 1. The van der Waals surface area contributed by atoms with Gasteiger partial charge in [0.15, 0.2) is 0 Å². The van der Waals surface area contributed by atoms with Crippen LogP contribution in [0.15, 0.2) is 0 Å². The third-order valence-electron chi connectivity index (χ3n) is 3.83. The van der Waals surface area contributed by atoms with E-state index in [1.165, 1.54) is 6.42 Å². The third-order valence-corrected chi connectivity index (χ3v) is 3.83. The van der Waals surface area contributed by atoms with Crippen LogP contribution in [0.25, 0.3) is 0 Å². The minimum atomic E-state index is -0.425. The van der Waals surface area contributed by atoms with Crippen molar-refractivity contribution in [3.05, 3.63) is 0 Å². The second-order valence-electron chi connectivity index (χ2n) is 6.42. The van der Waals surface area contributed by atoms with Crippen LogP contribution < -0.4 is 5.73 Å². The van der Waals surface area contributed by atoms with Crippen LogP contribution in [-0.4, -0.2) is 34.7 Å². The van der Waals surface area contributed by atoms with Crippen molar-refractivity contribution in [2.24, 2.45) is 5.73 Å². The van der Waals surface area contributed by atoms with Gasteiger partial charge in [-0.25, -0.2) is 4.79 Å². The molecule has 1 amide bonds. The molecule has 1 unspecified atom stereocenters. The van der Waals surface area contributed by atoms with Gasteiger partial charge in [0.1, 0.15) is 5.60 Å². The highest BCUT2D eigenvalue weighted by molar-refractivity contribution is 5.69. The number of amides is 1. The SMILES string of the molecule is CC(C)(C)OC(=O)N1CCCC1C1(N)CCC1. The molecule has 0 aromatic carbocycles. The zero-order valence-corrected chi connectivity index (χ0v) is 11.2. The van der Waals surface area contributed by atoms with Crippen LogP contribution >= 0.6 is 0 Å². The van der Waals surface area contributed by atoms with Gasteiger partial charge in [-0.15, -0.1) is 0 Å². The van der Waals surface area contributed by atoms with E-state index in [0.29, 0.717) is 0 Å². The summed E-state index contributed by atoms with van der Waals surface area (Å²) in [5, 5.41) is 0. The van der Waals surface area contributed by atoms with Crippen LogP contribution in [0.3, 0.4) is 0 Å². The van der Waals surface area contributed by atoms with Gasteiger partial charge in [0.05, 0.1) is 6.04 Å². The van der Waals surface area contributed by atoms with Gasteiger partial charge in [0, 0.05) is 12.1 Å². The Balaban J connectivity index is 2.02. The standard InChI is InChI=1S/C13H24N2O2/c1-12(2,3)17-11(16)15-9-4-6-10(15)13(14)7-5-8-13/h10H,4-9,14H2,1-3H3. The van der Waals surface area contributed by atoms with Gasteiger partial charge in [-0.1, -0.05) is 0 Å². The topological polar surface area (TPSA) is 55.6 Å². The Bertz CT molecular complexity index is 305. The normalized spacial score (nSPS) is 27.8. The Kier molecular flexibility index (Phi) is 3.10. The Labute approximate surface area is 103 Å². The Hall–Kier alpha value is -0.770. The van der Waals surface area contributed by atoms with Crippen LogP contribution in [0.5, 0.6) is 0 Å². The zero-order chi connectivity index (χ0) is 12.7. The van der Waals surface area contributed by atoms with Crippen LogP contribution in [0.2, 0.25) is 0 Å². The highest BCUT2D eigenvalue weighted by atomic mass is 16.6. The first kappa shape index (κ1) is 12.7. The Morgan fingerprint density at radius 2 is 2.00 bits per heavy atom. The minimum absolute atomic E-state index is 0.145. The number of nitrogens with two attached hydrogens (primary N) is 1. The van der Waals surface area contributed by atoms with Crippen molar-refractivity contribution in [2.75, 3.05) is 6.54 Å². The van der Waals surface area contributed by atoms with Gasteiger partial charge < -0.3 is 15.4 Å². The summed E-state index contributed by atoms with van der Waals surface area (Å²) in [5.74, 6) is 0. The van der Waals surface area contributed by atoms with Gasteiger partial charge in [-0.2, -0.15) is 0 Å². The van der Waals surface area contributed by atoms with Gasteiger partial charge in [0.25, 0.3) is 0 Å². The third kappa shape index (κ3) is 2.57. The average molecular weight is 240 g/mol. The van der Waals surface area contributed by atoms with Crippen molar-refractivity contribution in [1.82, 2.24) is 4.90 Å². The zero-order valence-electron chi connectivity index (χ0n) is 11.2. The lowest BCUT2D eigenvalue weighted by atomic mass is 9.71. The molecule has 2 N–H and O–H groups in total. The summed E-state index contributed by atoms with van der Waals surface area (Å²) in [7, 11) is 0. The molecule has 0 bridgehead atoms. The maximum Gasteiger partial charge on any atom is 0.410 e. The van der Waals surface area contributed by atoms with E-state index in [1.807, 2.05) is 25.7 Å². The summed E-state index contributed by atoms with van der Waals surface area (Å²) < 4.78 is 5.45. The van der Waals surface area contributed by atoms with E-state index < -0.39 is 5.60 Å². The van der Waals surface area contributed by atoms with Gasteiger partial charge in [-0.05, 0) is 52.9 Å². The molecule has 1 saturated carbocycles. The van der Waals surface area contributed by atoms with Crippen molar-refractivity contribution in [1.29, 1.82) is 0 Å². The average Bonchev–Trinajstić information content (AvgIpc) is 2.59. The first-order valence-electron chi connectivity index (χ1n) is 6.60. The maximum absolute atomic E-state index is 12.1. The molecule has 0 aromatic rings. The van der Waals surface area contributed by atoms with E-state index >= 15 is 0 Å². The Morgan fingerprint density at radius 1 is 1.35 bits per heavy atom. The molecular formula is C13H24N2O2. The van der Waals surface area contributed by atoms with Gasteiger partial charge in [0.2, 0.25) is 0 Å². The molecule has 98 valence electrons. The molecule has 0 spiro atoms. The molecule has 1 saturated heterocycles. The van der Waals surface area contributed by atoms with Gasteiger partial charge in [-0.3, -0.25) is 0 Å². The first-order valence-corrected chi connectivity index (χ1v) is 6.60.